The molecule has 0 fully saturated rings. The van der Waals surface area contributed by atoms with Gasteiger partial charge in [-0.05, 0) is 41.5 Å². The Morgan fingerprint density at radius 3 is 2.35 bits per heavy atom. The molecule has 0 aliphatic heterocycles. The third-order valence-corrected chi connectivity index (χ3v) is 3.28. The highest BCUT2D eigenvalue weighted by molar-refractivity contribution is 5.42. The van der Waals surface area contributed by atoms with E-state index in [2.05, 4.69) is 45.9 Å². The molecule has 1 aromatic carbocycles. The minimum absolute atomic E-state index is 0.0915. The lowest BCUT2D eigenvalue weighted by molar-refractivity contribution is 0.397. The van der Waals surface area contributed by atoms with Gasteiger partial charge in [-0.2, -0.15) is 0 Å². The Morgan fingerprint density at radius 1 is 1.29 bits per heavy atom. The average molecular weight is 235 g/mol. The summed E-state index contributed by atoms with van der Waals surface area (Å²) < 4.78 is 5.44. The second-order valence-corrected chi connectivity index (χ2v) is 5.55. The van der Waals surface area contributed by atoms with E-state index in [9.17, 15) is 0 Å². The summed E-state index contributed by atoms with van der Waals surface area (Å²) >= 11 is 0. The molecule has 0 spiro atoms. The van der Waals surface area contributed by atoms with Crippen molar-refractivity contribution in [3.05, 3.63) is 29.3 Å². The van der Waals surface area contributed by atoms with Crippen LogP contribution in [0.5, 0.6) is 5.75 Å². The second-order valence-electron chi connectivity index (χ2n) is 5.55. The molecule has 17 heavy (non-hydrogen) atoms. The van der Waals surface area contributed by atoms with E-state index in [1.54, 1.807) is 7.11 Å². The van der Waals surface area contributed by atoms with Crippen molar-refractivity contribution in [3.8, 4) is 5.75 Å². The van der Waals surface area contributed by atoms with Crippen LogP contribution >= 0.6 is 0 Å². The van der Waals surface area contributed by atoms with Crippen LogP contribution in [-0.2, 0) is 5.41 Å². The van der Waals surface area contributed by atoms with Crippen LogP contribution in [0.25, 0.3) is 0 Å². The van der Waals surface area contributed by atoms with Gasteiger partial charge in [-0.25, -0.2) is 0 Å². The number of methoxy groups -OCH3 is 1. The van der Waals surface area contributed by atoms with Gasteiger partial charge in [0.2, 0.25) is 0 Å². The molecule has 0 aromatic heterocycles. The third kappa shape index (κ3) is 3.22. The van der Waals surface area contributed by atoms with E-state index in [4.69, 9.17) is 10.5 Å². The van der Waals surface area contributed by atoms with Crippen molar-refractivity contribution >= 4 is 0 Å². The van der Waals surface area contributed by atoms with Crippen LogP contribution in [0.15, 0.2) is 18.2 Å². The van der Waals surface area contributed by atoms with Gasteiger partial charge in [0.05, 0.1) is 7.11 Å². The summed E-state index contributed by atoms with van der Waals surface area (Å²) in [7, 11) is 1.73. The molecule has 1 rings (SSSR count). The standard InChI is InChI=1S/C15H25NO/c1-6-11(10-16)12-7-8-14(17-5)13(9-12)15(2,3)4/h7-9,11H,6,10,16H2,1-5H3. The Bertz CT molecular complexity index is 362. The zero-order valence-corrected chi connectivity index (χ0v) is 11.7. The number of hydrogen-bond acceptors (Lipinski definition) is 2. The number of rotatable bonds is 4. The van der Waals surface area contributed by atoms with Crippen molar-refractivity contribution < 1.29 is 4.74 Å². The van der Waals surface area contributed by atoms with Gasteiger partial charge in [0, 0.05) is 0 Å². The topological polar surface area (TPSA) is 35.2 Å². The fourth-order valence-electron chi connectivity index (χ4n) is 2.10. The van der Waals surface area contributed by atoms with Gasteiger partial charge in [-0.1, -0.05) is 39.8 Å². The highest BCUT2D eigenvalue weighted by Gasteiger charge is 2.20. The molecule has 0 aliphatic rings. The smallest absolute Gasteiger partial charge is 0.122 e. The Morgan fingerprint density at radius 2 is 1.94 bits per heavy atom. The first-order chi connectivity index (χ1) is 7.93. The van der Waals surface area contributed by atoms with Crippen LogP contribution in [-0.4, -0.2) is 13.7 Å². The quantitative estimate of drug-likeness (QED) is 0.867. The SMILES string of the molecule is CCC(CN)c1ccc(OC)c(C(C)(C)C)c1. The van der Waals surface area contributed by atoms with Crippen LogP contribution in [0.1, 0.15) is 51.2 Å². The van der Waals surface area contributed by atoms with E-state index >= 15 is 0 Å². The first-order valence-corrected chi connectivity index (χ1v) is 6.32. The fourth-order valence-corrected chi connectivity index (χ4v) is 2.10. The fraction of sp³-hybridized carbons (Fsp3) is 0.600. The van der Waals surface area contributed by atoms with Gasteiger partial charge in [-0.3, -0.25) is 0 Å². The second kappa shape index (κ2) is 5.54. The molecule has 0 radical (unpaired) electrons. The van der Waals surface area contributed by atoms with Gasteiger partial charge >= 0.3 is 0 Å². The average Bonchev–Trinajstić information content (AvgIpc) is 2.29. The maximum atomic E-state index is 5.81. The molecule has 0 bridgehead atoms. The van der Waals surface area contributed by atoms with Crippen molar-refractivity contribution in [2.24, 2.45) is 5.73 Å². The zero-order valence-electron chi connectivity index (χ0n) is 11.7. The normalized spacial score (nSPS) is 13.5. The predicted molar refractivity (Wildman–Crippen MR) is 73.8 cm³/mol. The molecule has 0 amide bonds. The molecule has 0 saturated carbocycles. The maximum absolute atomic E-state index is 5.81. The summed E-state index contributed by atoms with van der Waals surface area (Å²) in [6.45, 7) is 9.50. The summed E-state index contributed by atoms with van der Waals surface area (Å²) in [5.74, 6) is 1.41. The minimum Gasteiger partial charge on any atom is -0.496 e. The van der Waals surface area contributed by atoms with Gasteiger partial charge in [0.25, 0.3) is 0 Å². The van der Waals surface area contributed by atoms with E-state index in [1.165, 1.54) is 11.1 Å². The zero-order chi connectivity index (χ0) is 13.1. The van der Waals surface area contributed by atoms with Gasteiger partial charge in [-0.15, -0.1) is 0 Å². The molecule has 1 aromatic rings. The molecule has 2 heteroatoms. The molecule has 0 aliphatic carbocycles. The highest BCUT2D eigenvalue weighted by Crippen LogP contribution is 2.34. The Labute approximate surface area is 105 Å². The predicted octanol–water partition coefficient (Wildman–Crippen LogP) is 3.45. The molecule has 0 heterocycles. The van der Waals surface area contributed by atoms with Crippen LogP contribution in [0.4, 0.5) is 0 Å². The molecule has 2 nitrogen and oxygen atoms in total. The molecule has 2 N–H and O–H groups in total. The van der Waals surface area contributed by atoms with Crippen LogP contribution in [0.2, 0.25) is 0 Å². The van der Waals surface area contributed by atoms with E-state index in [1.807, 2.05) is 0 Å². The van der Waals surface area contributed by atoms with E-state index in [0.29, 0.717) is 12.5 Å². The van der Waals surface area contributed by atoms with E-state index in [0.717, 1.165) is 12.2 Å². The first kappa shape index (κ1) is 14.0. The first-order valence-electron chi connectivity index (χ1n) is 6.32. The van der Waals surface area contributed by atoms with E-state index < -0.39 is 0 Å². The monoisotopic (exact) mass is 235 g/mol. The highest BCUT2D eigenvalue weighted by atomic mass is 16.5. The Hall–Kier alpha value is -1.02. The van der Waals surface area contributed by atoms with Crippen LogP contribution in [0, 0.1) is 0 Å². The molecule has 1 atom stereocenters. The van der Waals surface area contributed by atoms with Gasteiger partial charge in [0.1, 0.15) is 5.75 Å². The molecule has 1 unspecified atom stereocenters. The lowest BCUT2D eigenvalue weighted by atomic mass is 9.83. The Balaban J connectivity index is 3.22. The van der Waals surface area contributed by atoms with Crippen molar-refractivity contribution in [3.63, 3.8) is 0 Å². The van der Waals surface area contributed by atoms with Crippen molar-refractivity contribution in [1.29, 1.82) is 0 Å². The van der Waals surface area contributed by atoms with Gasteiger partial charge < -0.3 is 10.5 Å². The molecule has 96 valence electrons. The number of hydrogen-bond donors (Lipinski definition) is 1. The third-order valence-electron chi connectivity index (χ3n) is 3.28. The summed E-state index contributed by atoms with van der Waals surface area (Å²) in [4.78, 5) is 0. The minimum atomic E-state index is 0.0915. The molecular weight excluding hydrogens is 210 g/mol. The largest absolute Gasteiger partial charge is 0.496 e. The van der Waals surface area contributed by atoms with Crippen LogP contribution < -0.4 is 10.5 Å². The van der Waals surface area contributed by atoms with Gasteiger partial charge in [0.15, 0.2) is 0 Å². The summed E-state index contributed by atoms with van der Waals surface area (Å²) in [5.41, 5.74) is 8.48. The lowest BCUT2D eigenvalue weighted by Gasteiger charge is -2.24. The van der Waals surface area contributed by atoms with Crippen LogP contribution in [0.3, 0.4) is 0 Å². The molecule has 0 saturated heterocycles. The Kier molecular flexibility index (Phi) is 4.58. The van der Waals surface area contributed by atoms with Crippen molar-refractivity contribution in [2.45, 2.75) is 45.4 Å². The summed E-state index contributed by atoms with van der Waals surface area (Å²) in [5, 5.41) is 0. The van der Waals surface area contributed by atoms with E-state index in [-0.39, 0.29) is 5.41 Å². The number of ether oxygens (including phenoxy) is 1. The van der Waals surface area contributed by atoms with Crippen molar-refractivity contribution in [2.75, 3.05) is 13.7 Å². The summed E-state index contributed by atoms with van der Waals surface area (Å²) in [6.07, 6.45) is 1.08. The number of nitrogens with two attached hydrogens (primary N) is 1. The maximum Gasteiger partial charge on any atom is 0.122 e. The lowest BCUT2D eigenvalue weighted by Crippen LogP contribution is -2.16. The van der Waals surface area contributed by atoms with Crippen molar-refractivity contribution in [1.82, 2.24) is 0 Å². The molecular formula is C15H25NO. The number of benzene rings is 1. The summed E-state index contributed by atoms with van der Waals surface area (Å²) in [6, 6.07) is 6.45.